The molecule has 0 aliphatic rings. The van der Waals surface area contributed by atoms with Crippen LogP contribution in [-0.2, 0) is 11.2 Å². The Morgan fingerprint density at radius 3 is 2.19 bits per heavy atom. The first-order valence-corrected chi connectivity index (χ1v) is 7.36. The van der Waals surface area contributed by atoms with Crippen LogP contribution in [0.25, 0.3) is 0 Å². The number of hydrogen-bond acceptors (Lipinski definition) is 5. The van der Waals surface area contributed by atoms with Crippen LogP contribution < -0.4 is 17.0 Å². The molecule has 0 saturated carbocycles. The van der Waals surface area contributed by atoms with E-state index in [0.717, 1.165) is 44.9 Å². The highest BCUT2D eigenvalue weighted by atomic mass is 16.4. The van der Waals surface area contributed by atoms with Crippen molar-refractivity contribution in [3.05, 3.63) is 15.9 Å². The first kappa shape index (κ1) is 17.0. The third-order valence-electron chi connectivity index (χ3n) is 3.38. The lowest BCUT2D eigenvalue weighted by atomic mass is 10.0. The summed E-state index contributed by atoms with van der Waals surface area (Å²) in [5.41, 5.74) is 11.3. The molecule has 0 saturated heterocycles. The number of carbonyl (C=O) groups is 1. The zero-order valence-corrected chi connectivity index (χ0v) is 12.2. The minimum atomic E-state index is -0.727. The number of nitrogen functional groups attached to an aromatic ring is 2. The summed E-state index contributed by atoms with van der Waals surface area (Å²) in [6.07, 6.45) is 7.69. The van der Waals surface area contributed by atoms with Crippen molar-refractivity contribution in [1.29, 1.82) is 0 Å². The van der Waals surface area contributed by atoms with Gasteiger partial charge in [0.2, 0.25) is 5.95 Å². The second-order valence-corrected chi connectivity index (χ2v) is 5.18. The highest BCUT2D eigenvalue weighted by Crippen LogP contribution is 2.12. The van der Waals surface area contributed by atoms with Gasteiger partial charge in [0.15, 0.2) is 0 Å². The maximum atomic E-state index is 11.7. The number of carboxylic acid groups (broad SMARTS) is 1. The predicted molar refractivity (Wildman–Crippen MR) is 82.0 cm³/mol. The fourth-order valence-corrected chi connectivity index (χ4v) is 2.24. The molecule has 0 aromatic carbocycles. The molecule has 0 unspecified atom stereocenters. The van der Waals surface area contributed by atoms with E-state index in [4.69, 9.17) is 16.6 Å². The molecule has 1 rings (SSSR count). The number of aromatic amines is 1. The fraction of sp³-hybridized carbons (Fsp3) is 0.643. The number of hydrogen-bond donors (Lipinski definition) is 4. The number of carboxylic acids is 1. The Labute approximate surface area is 123 Å². The van der Waals surface area contributed by atoms with Gasteiger partial charge in [-0.05, 0) is 19.3 Å². The lowest BCUT2D eigenvalue weighted by Gasteiger charge is -2.05. The van der Waals surface area contributed by atoms with Crippen molar-refractivity contribution in [1.82, 2.24) is 9.97 Å². The van der Waals surface area contributed by atoms with Crippen LogP contribution >= 0.6 is 0 Å². The van der Waals surface area contributed by atoms with Crippen molar-refractivity contribution in [2.24, 2.45) is 0 Å². The Morgan fingerprint density at radius 2 is 1.62 bits per heavy atom. The summed E-state index contributed by atoms with van der Waals surface area (Å²) in [5.74, 6) is -0.470. The zero-order chi connectivity index (χ0) is 15.7. The van der Waals surface area contributed by atoms with Gasteiger partial charge >= 0.3 is 5.97 Å². The maximum absolute atomic E-state index is 11.7. The number of nitrogens with one attached hydrogen (secondary N) is 1. The molecule has 0 fully saturated rings. The molecule has 0 spiro atoms. The average molecular weight is 296 g/mol. The highest BCUT2D eigenvalue weighted by Gasteiger charge is 2.07. The molecule has 1 aromatic rings. The minimum Gasteiger partial charge on any atom is -0.481 e. The fourth-order valence-electron chi connectivity index (χ4n) is 2.24. The van der Waals surface area contributed by atoms with Crippen LogP contribution in [0.2, 0.25) is 0 Å². The second kappa shape index (κ2) is 8.99. The second-order valence-electron chi connectivity index (χ2n) is 5.18. The smallest absolute Gasteiger partial charge is 0.303 e. The third kappa shape index (κ3) is 6.78. The van der Waals surface area contributed by atoms with Crippen LogP contribution in [0.5, 0.6) is 0 Å². The summed E-state index contributed by atoms with van der Waals surface area (Å²) in [5, 5.41) is 8.51. The van der Waals surface area contributed by atoms with Gasteiger partial charge in [0, 0.05) is 6.42 Å². The Hall–Kier alpha value is -2.05. The van der Waals surface area contributed by atoms with Gasteiger partial charge < -0.3 is 16.6 Å². The highest BCUT2D eigenvalue weighted by molar-refractivity contribution is 5.66. The van der Waals surface area contributed by atoms with Crippen molar-refractivity contribution < 1.29 is 9.90 Å². The molecule has 0 aliphatic carbocycles. The van der Waals surface area contributed by atoms with Gasteiger partial charge in [-0.1, -0.05) is 32.1 Å². The summed E-state index contributed by atoms with van der Waals surface area (Å²) in [4.78, 5) is 28.3. The van der Waals surface area contributed by atoms with Gasteiger partial charge in [-0.25, -0.2) is 0 Å². The van der Waals surface area contributed by atoms with Crippen LogP contribution in [0.1, 0.15) is 56.9 Å². The summed E-state index contributed by atoms with van der Waals surface area (Å²) in [6, 6.07) is 0. The number of nitrogens with two attached hydrogens (primary N) is 2. The standard InChI is InChI=1S/C14H24N4O3/c15-12-10(13(21)18-14(16)17-12)8-6-4-2-1-3-5-7-9-11(19)20/h1-9H2,(H,19,20)(H5,15,16,17,18,21). The maximum Gasteiger partial charge on any atom is 0.303 e. The lowest BCUT2D eigenvalue weighted by molar-refractivity contribution is -0.137. The average Bonchev–Trinajstić information content (AvgIpc) is 2.38. The molecular weight excluding hydrogens is 272 g/mol. The molecule has 21 heavy (non-hydrogen) atoms. The Balaban J connectivity index is 2.12. The van der Waals surface area contributed by atoms with Crippen molar-refractivity contribution in [2.75, 3.05) is 11.5 Å². The molecule has 0 atom stereocenters. The molecule has 0 aliphatic heterocycles. The molecule has 118 valence electrons. The van der Waals surface area contributed by atoms with Crippen LogP contribution in [0.15, 0.2) is 4.79 Å². The van der Waals surface area contributed by atoms with E-state index in [0.29, 0.717) is 12.0 Å². The first-order valence-electron chi connectivity index (χ1n) is 7.36. The van der Waals surface area contributed by atoms with E-state index < -0.39 is 5.97 Å². The number of aromatic nitrogens is 2. The van der Waals surface area contributed by atoms with Gasteiger partial charge in [-0.2, -0.15) is 4.98 Å². The molecule has 6 N–H and O–H groups in total. The van der Waals surface area contributed by atoms with Crippen molar-refractivity contribution in [3.63, 3.8) is 0 Å². The molecule has 7 heteroatoms. The summed E-state index contributed by atoms with van der Waals surface area (Å²) in [6.45, 7) is 0. The lowest BCUT2D eigenvalue weighted by Crippen LogP contribution is -2.19. The van der Waals surface area contributed by atoms with E-state index in [2.05, 4.69) is 9.97 Å². The van der Waals surface area contributed by atoms with Crippen LogP contribution in [0, 0.1) is 0 Å². The molecule has 1 aromatic heterocycles. The number of rotatable bonds is 10. The quantitative estimate of drug-likeness (QED) is 0.485. The molecule has 7 nitrogen and oxygen atoms in total. The number of nitrogens with zero attached hydrogens (tertiary/aromatic N) is 1. The van der Waals surface area contributed by atoms with E-state index >= 15 is 0 Å². The number of unbranched alkanes of at least 4 members (excludes halogenated alkanes) is 6. The Bertz CT molecular complexity index is 513. The van der Waals surface area contributed by atoms with Crippen LogP contribution in [0.4, 0.5) is 11.8 Å². The van der Waals surface area contributed by atoms with Crippen LogP contribution in [-0.4, -0.2) is 21.0 Å². The largest absolute Gasteiger partial charge is 0.481 e. The summed E-state index contributed by atoms with van der Waals surface area (Å²) >= 11 is 0. The molecule has 0 amide bonds. The van der Waals surface area contributed by atoms with Crippen molar-refractivity contribution in [3.8, 4) is 0 Å². The third-order valence-corrected chi connectivity index (χ3v) is 3.38. The van der Waals surface area contributed by atoms with Gasteiger partial charge in [0.25, 0.3) is 5.56 Å². The summed E-state index contributed by atoms with van der Waals surface area (Å²) < 4.78 is 0. The van der Waals surface area contributed by atoms with E-state index in [1.54, 1.807) is 0 Å². The van der Waals surface area contributed by atoms with E-state index in [9.17, 15) is 9.59 Å². The van der Waals surface area contributed by atoms with Crippen molar-refractivity contribution in [2.45, 2.75) is 57.8 Å². The van der Waals surface area contributed by atoms with Gasteiger partial charge in [-0.15, -0.1) is 0 Å². The minimum absolute atomic E-state index is 0.0441. The SMILES string of the molecule is Nc1nc(N)c(CCCCCCCCCC(=O)O)c(=O)[nH]1. The number of H-pyrrole nitrogens is 1. The first-order chi connectivity index (χ1) is 10.0. The van der Waals surface area contributed by atoms with E-state index in [1.165, 1.54) is 0 Å². The zero-order valence-electron chi connectivity index (χ0n) is 12.2. The van der Waals surface area contributed by atoms with Gasteiger partial charge in [-0.3, -0.25) is 14.6 Å². The van der Waals surface area contributed by atoms with Gasteiger partial charge in [0.05, 0.1) is 5.56 Å². The molecular formula is C14H24N4O3. The number of aliphatic carboxylic acids is 1. The predicted octanol–water partition coefficient (Wildman–Crippen LogP) is 1.68. The summed E-state index contributed by atoms with van der Waals surface area (Å²) in [7, 11) is 0. The molecule has 1 heterocycles. The normalized spacial score (nSPS) is 10.7. The monoisotopic (exact) mass is 296 g/mol. The Kier molecular flexibility index (Phi) is 7.28. The van der Waals surface area contributed by atoms with Crippen molar-refractivity contribution >= 4 is 17.7 Å². The van der Waals surface area contributed by atoms with Crippen LogP contribution in [0.3, 0.4) is 0 Å². The molecule has 0 radical (unpaired) electrons. The number of anilines is 2. The van der Waals surface area contributed by atoms with E-state index in [1.807, 2.05) is 0 Å². The molecule has 0 bridgehead atoms. The topological polar surface area (TPSA) is 135 Å². The Morgan fingerprint density at radius 1 is 1.05 bits per heavy atom. The van der Waals surface area contributed by atoms with Gasteiger partial charge in [0.1, 0.15) is 5.82 Å². The van der Waals surface area contributed by atoms with E-state index in [-0.39, 0.29) is 23.7 Å².